The Balaban J connectivity index is 0. The summed E-state index contributed by atoms with van der Waals surface area (Å²) >= 11 is 0. The van der Waals surface area contributed by atoms with Gasteiger partial charge in [-0.05, 0) is 59.7 Å². The van der Waals surface area contributed by atoms with Gasteiger partial charge in [-0.15, -0.1) is 20.5 Å². The van der Waals surface area contributed by atoms with Crippen molar-refractivity contribution in [2.24, 2.45) is 0 Å². The molecule has 38 heavy (non-hydrogen) atoms. The number of rotatable bonds is 6. The van der Waals surface area contributed by atoms with Crippen molar-refractivity contribution in [1.82, 2.24) is 34.7 Å². The molecule has 0 amide bonds. The van der Waals surface area contributed by atoms with Gasteiger partial charge in [0.15, 0.2) is 0 Å². The van der Waals surface area contributed by atoms with Crippen molar-refractivity contribution in [2.45, 2.75) is 54.9 Å². The van der Waals surface area contributed by atoms with E-state index in [0.29, 0.717) is 19.9 Å². The summed E-state index contributed by atoms with van der Waals surface area (Å²) < 4.78 is 71.9. The molecular formula is C19H31Cl2CuN7O9. The summed E-state index contributed by atoms with van der Waals surface area (Å²) in [5.41, 5.74) is 6.45. The van der Waals surface area contributed by atoms with E-state index in [0.717, 1.165) is 34.2 Å². The SMILES string of the molecule is Cc1cc(C)[nH]n1.Cc1cc(C)n(CN(CCO)Cn2nc(C)cc2C)n1.[Cu+2].[O-][Cl+3]([O-])([O-])[O-].[O-][Cl+3]([O-])([O-])[O-]. The second kappa shape index (κ2) is 17.8. The van der Waals surface area contributed by atoms with Crippen LogP contribution in [-0.4, -0.2) is 52.9 Å². The molecular weight excluding hydrogens is 605 g/mol. The number of hydrogen-bond donors (Lipinski definition) is 2. The summed E-state index contributed by atoms with van der Waals surface area (Å²) in [5, 5.41) is 24.9. The maximum Gasteiger partial charge on any atom is 2.00 e. The number of nitrogens with one attached hydrogen (secondary N) is 1. The van der Waals surface area contributed by atoms with E-state index in [1.54, 1.807) is 0 Å². The average molecular weight is 636 g/mol. The quantitative estimate of drug-likeness (QED) is 0.238. The molecule has 3 heterocycles. The Labute approximate surface area is 234 Å². The molecule has 0 saturated carbocycles. The van der Waals surface area contributed by atoms with E-state index in [1.807, 2.05) is 57.0 Å². The fraction of sp³-hybridized carbons (Fsp3) is 0.526. The molecule has 16 nitrogen and oxygen atoms in total. The zero-order valence-electron chi connectivity index (χ0n) is 21.5. The number of aliphatic hydroxyl groups excluding tert-OH is 1. The minimum atomic E-state index is -4.94. The van der Waals surface area contributed by atoms with Gasteiger partial charge in [0.25, 0.3) is 0 Å². The fourth-order valence-corrected chi connectivity index (χ4v) is 2.90. The third kappa shape index (κ3) is 21.3. The van der Waals surface area contributed by atoms with Gasteiger partial charge in [0.05, 0.1) is 37.0 Å². The van der Waals surface area contributed by atoms with E-state index >= 15 is 0 Å². The van der Waals surface area contributed by atoms with E-state index in [9.17, 15) is 5.11 Å². The standard InChI is InChI=1S/C14H23N5O.C5H8N2.2ClHO4.Cu/c1-11-7-13(3)18(15-11)9-17(5-6-20)10-19-14(4)8-12(2)16-19;1-4-3-5(2)7-6-4;2*2-1(3,4)5;/h7-8,20H,5-6,9-10H2,1-4H3;3H,1-2H3,(H,6,7);2*(H,2,3,4,5);/q;;;;+2/p-2. The van der Waals surface area contributed by atoms with Gasteiger partial charge in [-0.1, -0.05) is 0 Å². The van der Waals surface area contributed by atoms with Crippen molar-refractivity contribution in [3.05, 3.63) is 52.4 Å². The van der Waals surface area contributed by atoms with Crippen LogP contribution >= 0.6 is 0 Å². The van der Waals surface area contributed by atoms with Gasteiger partial charge < -0.3 is 5.11 Å². The van der Waals surface area contributed by atoms with Crippen molar-refractivity contribution in [3.8, 4) is 0 Å². The Morgan fingerprint density at radius 1 is 0.737 bits per heavy atom. The molecule has 0 atom stereocenters. The summed E-state index contributed by atoms with van der Waals surface area (Å²) in [4.78, 5) is 2.12. The van der Waals surface area contributed by atoms with Gasteiger partial charge in [0, 0.05) is 23.6 Å². The van der Waals surface area contributed by atoms with E-state index in [2.05, 4.69) is 37.4 Å². The molecule has 3 rings (SSSR count). The third-order valence-corrected chi connectivity index (χ3v) is 4.12. The van der Waals surface area contributed by atoms with Crippen molar-refractivity contribution in [3.63, 3.8) is 0 Å². The number of aryl methyl sites for hydroxylation is 6. The van der Waals surface area contributed by atoms with Gasteiger partial charge >= 0.3 is 17.1 Å². The summed E-state index contributed by atoms with van der Waals surface area (Å²) in [7, 11) is -9.89. The number of aromatic nitrogens is 6. The molecule has 0 aliphatic carbocycles. The van der Waals surface area contributed by atoms with Crippen LogP contribution in [0.25, 0.3) is 0 Å². The minimum Gasteiger partial charge on any atom is -0.395 e. The molecule has 1 radical (unpaired) electrons. The maximum absolute atomic E-state index is 9.24. The van der Waals surface area contributed by atoms with Crippen LogP contribution < -0.4 is 37.3 Å². The first-order valence-corrected chi connectivity index (χ1v) is 12.8. The monoisotopic (exact) mass is 634 g/mol. The second-order valence-corrected chi connectivity index (χ2v) is 9.21. The molecule has 3 aromatic heterocycles. The molecule has 0 aromatic carbocycles. The van der Waals surface area contributed by atoms with E-state index < -0.39 is 20.5 Å². The maximum atomic E-state index is 9.24. The Bertz CT molecular complexity index is 964. The van der Waals surface area contributed by atoms with Crippen molar-refractivity contribution >= 4 is 0 Å². The average Bonchev–Trinajstić information content (AvgIpc) is 3.31. The zero-order valence-corrected chi connectivity index (χ0v) is 24.0. The largest absolute Gasteiger partial charge is 2.00 e. The zero-order chi connectivity index (χ0) is 29.0. The van der Waals surface area contributed by atoms with Crippen LogP contribution in [0.4, 0.5) is 0 Å². The third-order valence-electron chi connectivity index (χ3n) is 4.12. The van der Waals surface area contributed by atoms with Gasteiger partial charge in [0.1, 0.15) is 0 Å². The van der Waals surface area contributed by atoms with Gasteiger partial charge in [0.2, 0.25) is 0 Å². The second-order valence-electron chi connectivity index (χ2n) is 7.70. The molecule has 2 N–H and O–H groups in total. The molecule has 221 valence electrons. The number of hydrogen-bond acceptors (Lipinski definition) is 13. The fourth-order valence-electron chi connectivity index (χ4n) is 2.90. The summed E-state index contributed by atoms with van der Waals surface area (Å²) in [6.07, 6.45) is 0. The molecule has 0 aliphatic heterocycles. The van der Waals surface area contributed by atoms with Crippen molar-refractivity contribution in [1.29, 1.82) is 0 Å². The van der Waals surface area contributed by atoms with E-state index in [1.165, 1.54) is 0 Å². The Hall–Kier alpha value is -1.67. The Morgan fingerprint density at radius 2 is 1.11 bits per heavy atom. The van der Waals surface area contributed by atoms with Crippen LogP contribution in [0.2, 0.25) is 0 Å². The minimum absolute atomic E-state index is 0. The number of aliphatic hydroxyl groups is 1. The van der Waals surface area contributed by atoms with Gasteiger partial charge in [-0.25, -0.2) is 37.3 Å². The molecule has 0 bridgehead atoms. The predicted octanol–water partition coefficient (Wildman–Crippen LogP) is -7.27. The van der Waals surface area contributed by atoms with Gasteiger partial charge in [-0.3, -0.25) is 19.4 Å². The van der Waals surface area contributed by atoms with Crippen molar-refractivity contribution < 1.29 is 79.9 Å². The first kappa shape index (κ1) is 38.5. The van der Waals surface area contributed by atoms with Crippen LogP contribution in [0.5, 0.6) is 0 Å². The molecule has 0 fully saturated rings. The topological polar surface area (TPSA) is 272 Å². The van der Waals surface area contributed by atoms with E-state index in [-0.39, 0.29) is 23.7 Å². The normalized spacial score (nSPS) is 10.9. The molecule has 0 saturated heterocycles. The number of halogens is 2. The number of aromatic amines is 1. The molecule has 19 heteroatoms. The smallest absolute Gasteiger partial charge is 0.395 e. The Kier molecular flexibility index (Phi) is 18.0. The first-order valence-electron chi connectivity index (χ1n) is 10.4. The summed E-state index contributed by atoms with van der Waals surface area (Å²) in [5.74, 6) is 0. The number of H-pyrrole nitrogens is 1. The molecule has 0 spiro atoms. The van der Waals surface area contributed by atoms with Crippen LogP contribution in [0.1, 0.15) is 34.2 Å². The van der Waals surface area contributed by atoms with Crippen molar-refractivity contribution in [2.75, 3.05) is 13.2 Å². The van der Waals surface area contributed by atoms with Crippen LogP contribution in [0.3, 0.4) is 0 Å². The predicted molar refractivity (Wildman–Crippen MR) is 105 cm³/mol. The number of nitrogens with zero attached hydrogens (tertiary/aromatic N) is 6. The van der Waals surface area contributed by atoms with Crippen LogP contribution in [0, 0.1) is 62.0 Å². The summed E-state index contributed by atoms with van der Waals surface area (Å²) in [6.45, 7) is 14.0. The molecule has 0 aliphatic rings. The van der Waals surface area contributed by atoms with Crippen LogP contribution in [0.15, 0.2) is 18.2 Å². The Morgan fingerprint density at radius 3 is 1.29 bits per heavy atom. The van der Waals surface area contributed by atoms with Gasteiger partial charge in [-0.2, -0.15) is 15.3 Å². The summed E-state index contributed by atoms with van der Waals surface area (Å²) in [6, 6.07) is 6.11. The molecule has 3 aromatic rings. The van der Waals surface area contributed by atoms with E-state index in [4.69, 9.17) is 37.3 Å². The first-order chi connectivity index (χ1) is 16.8. The molecule has 0 unspecified atom stereocenters. The van der Waals surface area contributed by atoms with Crippen LogP contribution in [-0.2, 0) is 30.4 Å².